The van der Waals surface area contributed by atoms with Crippen LogP contribution in [0.4, 0.5) is 27.7 Å². The first-order valence-corrected chi connectivity index (χ1v) is 16.1. The van der Waals surface area contributed by atoms with Crippen molar-refractivity contribution in [3.8, 4) is 6.07 Å². The molecule has 10 nitrogen and oxygen atoms in total. The van der Waals surface area contributed by atoms with Gasteiger partial charge in [-0.25, -0.2) is 9.78 Å². The van der Waals surface area contributed by atoms with Gasteiger partial charge in [-0.05, 0) is 88.5 Å². The van der Waals surface area contributed by atoms with Crippen molar-refractivity contribution in [2.24, 2.45) is 0 Å². The van der Waals surface area contributed by atoms with Crippen molar-refractivity contribution in [1.29, 1.82) is 5.26 Å². The van der Waals surface area contributed by atoms with Crippen LogP contribution in [0.3, 0.4) is 0 Å². The van der Waals surface area contributed by atoms with Crippen molar-refractivity contribution in [2.75, 3.05) is 47.1 Å². The maximum Gasteiger partial charge on any atom is 0.322 e. The number of carbonyl (C=O) groups excluding carboxylic acids is 2. The fraction of sp³-hybridized carbons (Fsp3) is 0.389. The summed E-state index contributed by atoms with van der Waals surface area (Å²) in [6, 6.07) is 21.7. The highest BCUT2D eigenvalue weighted by molar-refractivity contribution is 6.02. The number of nitriles is 1. The molecule has 3 N–H and O–H groups in total. The number of piperazine rings is 1. The molecule has 3 amide bonds. The van der Waals surface area contributed by atoms with Crippen LogP contribution in [0.15, 0.2) is 79.5 Å². The number of hydrogen-bond donors (Lipinski definition) is 3. The van der Waals surface area contributed by atoms with Crippen LogP contribution >= 0.6 is 0 Å². The third kappa shape index (κ3) is 7.85. The molecular weight excluding hydrogens is 576 g/mol. The molecule has 0 radical (unpaired) electrons. The zero-order valence-corrected chi connectivity index (χ0v) is 26.9. The SMILES string of the molecule is C=CC(=O)Nc1cc(N(C(=O)N[C@@H](C)c2ccccc2)C2CCC(Nc3ccc(C#N)cn3)CC2)ccc1N1CCN(C)[C@@H](C)C1. The Kier molecular flexibility index (Phi) is 10.6. The van der Waals surface area contributed by atoms with Crippen LogP contribution in [0.5, 0.6) is 0 Å². The number of hydrogen-bond acceptors (Lipinski definition) is 7. The third-order valence-corrected chi connectivity index (χ3v) is 9.17. The van der Waals surface area contributed by atoms with E-state index >= 15 is 0 Å². The summed E-state index contributed by atoms with van der Waals surface area (Å²) in [6.45, 7) is 10.4. The smallest absolute Gasteiger partial charge is 0.322 e. The number of pyridine rings is 1. The Balaban J connectivity index is 1.41. The Morgan fingerprint density at radius 2 is 1.85 bits per heavy atom. The molecule has 2 aliphatic rings. The van der Waals surface area contributed by atoms with E-state index in [2.05, 4.69) is 57.4 Å². The lowest BCUT2D eigenvalue weighted by Gasteiger charge is -2.40. The maximum absolute atomic E-state index is 14.2. The first kappa shape index (κ1) is 32.5. The fourth-order valence-electron chi connectivity index (χ4n) is 6.31. The van der Waals surface area contributed by atoms with E-state index in [1.165, 1.54) is 6.08 Å². The molecule has 2 atom stereocenters. The predicted octanol–water partition coefficient (Wildman–Crippen LogP) is 5.92. The molecule has 2 fully saturated rings. The van der Waals surface area contributed by atoms with Crippen LogP contribution < -0.4 is 25.8 Å². The minimum Gasteiger partial charge on any atom is -0.367 e. The first-order chi connectivity index (χ1) is 22.2. The van der Waals surface area contributed by atoms with Crippen molar-refractivity contribution in [3.05, 3.63) is 90.6 Å². The second-order valence-electron chi connectivity index (χ2n) is 12.3. The largest absolute Gasteiger partial charge is 0.367 e. The molecule has 2 aromatic carbocycles. The Labute approximate surface area is 272 Å². The van der Waals surface area contributed by atoms with E-state index in [1.807, 2.05) is 66.4 Å². The molecule has 1 aliphatic heterocycles. The summed E-state index contributed by atoms with van der Waals surface area (Å²) in [5.74, 6) is 0.447. The molecule has 2 heterocycles. The van der Waals surface area contributed by atoms with E-state index in [0.29, 0.717) is 17.3 Å². The van der Waals surface area contributed by atoms with Crippen LogP contribution in [-0.2, 0) is 4.79 Å². The predicted molar refractivity (Wildman–Crippen MR) is 184 cm³/mol. The summed E-state index contributed by atoms with van der Waals surface area (Å²) in [5, 5.41) is 18.8. The number of nitrogens with zero attached hydrogens (tertiary/aromatic N) is 5. The normalized spacial score (nSPS) is 20.6. The van der Waals surface area contributed by atoms with Crippen molar-refractivity contribution in [3.63, 3.8) is 0 Å². The topological polar surface area (TPSA) is 117 Å². The number of benzene rings is 2. The highest BCUT2D eigenvalue weighted by Crippen LogP contribution is 2.36. The lowest BCUT2D eigenvalue weighted by Crippen LogP contribution is -2.50. The van der Waals surface area contributed by atoms with E-state index < -0.39 is 0 Å². The number of carbonyl (C=O) groups is 2. The molecule has 1 saturated carbocycles. The molecule has 10 heteroatoms. The lowest BCUT2D eigenvalue weighted by atomic mass is 9.89. The number of nitrogens with one attached hydrogen (secondary N) is 3. The third-order valence-electron chi connectivity index (χ3n) is 9.17. The van der Waals surface area contributed by atoms with E-state index in [9.17, 15) is 9.59 Å². The molecule has 1 aromatic heterocycles. The average molecular weight is 621 g/mol. The van der Waals surface area contributed by atoms with Crippen LogP contribution in [-0.4, -0.2) is 66.6 Å². The fourth-order valence-corrected chi connectivity index (χ4v) is 6.31. The molecule has 1 saturated heterocycles. The van der Waals surface area contributed by atoms with Gasteiger partial charge in [0.05, 0.1) is 23.0 Å². The second kappa shape index (κ2) is 14.9. The van der Waals surface area contributed by atoms with Gasteiger partial charge < -0.3 is 25.8 Å². The number of rotatable bonds is 9. The van der Waals surface area contributed by atoms with Crippen molar-refractivity contribution in [2.45, 2.75) is 63.7 Å². The van der Waals surface area contributed by atoms with Gasteiger partial charge in [-0.15, -0.1) is 0 Å². The minimum atomic E-state index is -0.294. The van der Waals surface area contributed by atoms with Gasteiger partial charge in [0.25, 0.3) is 0 Å². The van der Waals surface area contributed by atoms with Crippen LogP contribution in [0.25, 0.3) is 0 Å². The zero-order valence-electron chi connectivity index (χ0n) is 26.9. The summed E-state index contributed by atoms with van der Waals surface area (Å²) in [7, 11) is 2.13. The molecule has 240 valence electrons. The van der Waals surface area contributed by atoms with E-state index in [1.54, 1.807) is 12.3 Å². The Bertz CT molecular complexity index is 1550. The number of amides is 3. The number of likely N-dealkylation sites (N-methyl/N-ethyl adjacent to an activating group) is 1. The number of aromatic nitrogens is 1. The highest BCUT2D eigenvalue weighted by atomic mass is 16.2. The highest BCUT2D eigenvalue weighted by Gasteiger charge is 2.32. The van der Waals surface area contributed by atoms with Crippen molar-refractivity contribution >= 4 is 34.8 Å². The summed E-state index contributed by atoms with van der Waals surface area (Å²) in [5.41, 5.74) is 3.87. The van der Waals surface area contributed by atoms with Crippen LogP contribution in [0, 0.1) is 11.3 Å². The van der Waals surface area contributed by atoms with Crippen LogP contribution in [0.1, 0.15) is 56.7 Å². The minimum absolute atomic E-state index is 0.0487. The van der Waals surface area contributed by atoms with Gasteiger partial charge in [-0.2, -0.15) is 5.26 Å². The Morgan fingerprint density at radius 1 is 1.09 bits per heavy atom. The van der Waals surface area contributed by atoms with Crippen molar-refractivity contribution < 1.29 is 9.59 Å². The molecular formula is C36H44N8O2. The summed E-state index contributed by atoms with van der Waals surface area (Å²) < 4.78 is 0. The number of anilines is 4. The summed E-state index contributed by atoms with van der Waals surface area (Å²) >= 11 is 0. The summed E-state index contributed by atoms with van der Waals surface area (Å²) in [4.78, 5) is 37.6. The lowest BCUT2D eigenvalue weighted by molar-refractivity contribution is -0.111. The van der Waals surface area contributed by atoms with E-state index in [-0.39, 0.29) is 30.1 Å². The second-order valence-corrected chi connectivity index (χ2v) is 12.3. The van der Waals surface area contributed by atoms with Gasteiger partial charge >= 0.3 is 6.03 Å². The first-order valence-electron chi connectivity index (χ1n) is 16.1. The molecule has 46 heavy (non-hydrogen) atoms. The van der Waals surface area contributed by atoms with Crippen molar-refractivity contribution in [1.82, 2.24) is 15.2 Å². The van der Waals surface area contributed by atoms with Gasteiger partial charge in [0, 0.05) is 49.6 Å². The molecule has 1 aliphatic carbocycles. The molecule has 5 rings (SSSR count). The van der Waals surface area contributed by atoms with E-state index in [0.717, 1.165) is 68.1 Å². The average Bonchev–Trinajstić information content (AvgIpc) is 3.07. The zero-order chi connectivity index (χ0) is 32.6. The summed E-state index contributed by atoms with van der Waals surface area (Å²) in [6.07, 6.45) is 6.11. The van der Waals surface area contributed by atoms with Gasteiger partial charge in [0.2, 0.25) is 5.91 Å². The van der Waals surface area contributed by atoms with Gasteiger partial charge in [-0.1, -0.05) is 36.9 Å². The van der Waals surface area contributed by atoms with Crippen LogP contribution in [0.2, 0.25) is 0 Å². The number of urea groups is 1. The monoisotopic (exact) mass is 620 g/mol. The van der Waals surface area contributed by atoms with Gasteiger partial charge in [0.15, 0.2) is 0 Å². The maximum atomic E-state index is 14.2. The Hall–Kier alpha value is -4.88. The molecule has 0 spiro atoms. The molecule has 0 unspecified atom stereocenters. The Morgan fingerprint density at radius 3 is 2.50 bits per heavy atom. The van der Waals surface area contributed by atoms with Gasteiger partial charge in [-0.3, -0.25) is 9.69 Å². The molecule has 0 bridgehead atoms. The standard InChI is InChI=1S/C36H44N8O2/c1-5-35(45)41-32-21-31(16-17-33(32)43-20-19-42(4)25(2)24-43)44(36(46)39-26(3)28-9-7-6-8-10-28)30-14-12-29(13-15-30)40-34-18-11-27(22-37)23-38-34/h5-11,16-18,21,23,25-26,29-30H,1,12-15,19-20,24H2,2-4H3,(H,38,40)(H,39,46)(H,41,45)/t25-,26-,29?,30?/m0/s1. The van der Waals surface area contributed by atoms with Gasteiger partial charge in [0.1, 0.15) is 11.9 Å². The quantitative estimate of drug-likeness (QED) is 0.254. The molecule has 3 aromatic rings. The van der Waals surface area contributed by atoms with E-state index in [4.69, 9.17) is 5.26 Å².